The summed E-state index contributed by atoms with van der Waals surface area (Å²) in [6.07, 6.45) is 3.05. The summed E-state index contributed by atoms with van der Waals surface area (Å²) in [7, 11) is 1.71. The summed E-state index contributed by atoms with van der Waals surface area (Å²) in [5.74, 6) is 1.82. The summed E-state index contributed by atoms with van der Waals surface area (Å²) < 4.78 is 20.3. The van der Waals surface area contributed by atoms with Crippen molar-refractivity contribution in [2.75, 3.05) is 12.3 Å². The number of aromatic nitrogens is 3. The van der Waals surface area contributed by atoms with Crippen molar-refractivity contribution in [1.29, 1.82) is 5.26 Å². The van der Waals surface area contributed by atoms with E-state index in [9.17, 15) is 5.26 Å². The van der Waals surface area contributed by atoms with Gasteiger partial charge in [-0.1, -0.05) is 11.6 Å². The third kappa shape index (κ3) is 3.32. The molecule has 0 saturated heterocycles. The molecule has 1 aromatic carbocycles. The fourth-order valence-electron chi connectivity index (χ4n) is 3.86. The molecule has 0 amide bonds. The highest BCUT2D eigenvalue weighted by atomic mass is 16.6. The number of aryl methyl sites for hydroxylation is 2. The molecular formula is C23H23N5O3. The van der Waals surface area contributed by atoms with Gasteiger partial charge in [-0.15, -0.1) is 5.10 Å². The lowest BCUT2D eigenvalue weighted by Crippen LogP contribution is -2.27. The van der Waals surface area contributed by atoms with Crippen molar-refractivity contribution in [3.05, 3.63) is 47.3 Å². The number of ether oxygens (including phenoxy) is 3. The van der Waals surface area contributed by atoms with Gasteiger partial charge >= 0.3 is 0 Å². The molecule has 1 saturated carbocycles. The fourth-order valence-corrected chi connectivity index (χ4v) is 3.86. The van der Waals surface area contributed by atoms with Gasteiger partial charge in [0.1, 0.15) is 35.8 Å². The Balaban J connectivity index is 1.68. The highest BCUT2D eigenvalue weighted by Gasteiger charge is 2.47. The highest BCUT2D eigenvalue weighted by Crippen LogP contribution is 2.45. The monoisotopic (exact) mass is 417 g/mol. The molecule has 8 nitrogen and oxygen atoms in total. The maximum atomic E-state index is 9.72. The molecule has 2 aliphatic rings. The molecule has 158 valence electrons. The van der Waals surface area contributed by atoms with Gasteiger partial charge in [-0.25, -0.2) is 4.98 Å². The number of anilines is 1. The molecular weight excluding hydrogens is 394 g/mol. The van der Waals surface area contributed by atoms with Crippen LogP contribution in [0.3, 0.4) is 0 Å². The van der Waals surface area contributed by atoms with Crippen molar-refractivity contribution in [2.24, 2.45) is 7.05 Å². The van der Waals surface area contributed by atoms with E-state index in [2.05, 4.69) is 22.2 Å². The molecule has 5 rings (SSSR count). The van der Waals surface area contributed by atoms with E-state index in [4.69, 9.17) is 19.9 Å². The Morgan fingerprint density at radius 2 is 2.06 bits per heavy atom. The number of nitrogens with two attached hydrogens (primary N) is 1. The van der Waals surface area contributed by atoms with Crippen LogP contribution in [0.25, 0.3) is 11.1 Å². The normalized spacial score (nSPS) is 18.6. The number of rotatable bonds is 0. The van der Waals surface area contributed by atoms with E-state index in [1.807, 2.05) is 26.0 Å². The largest absolute Gasteiger partial charge is 0.483 e. The van der Waals surface area contributed by atoms with Gasteiger partial charge in [-0.05, 0) is 44.9 Å². The summed E-state index contributed by atoms with van der Waals surface area (Å²) in [6, 6.07) is 10.0. The Bertz CT molecular complexity index is 1220. The molecule has 2 bridgehead atoms. The first-order valence-corrected chi connectivity index (χ1v) is 10.2. The van der Waals surface area contributed by atoms with Gasteiger partial charge in [-0.2, -0.15) is 5.26 Å². The van der Waals surface area contributed by atoms with Crippen LogP contribution in [0.5, 0.6) is 17.4 Å². The summed E-state index contributed by atoms with van der Waals surface area (Å²) in [4.78, 5) is 4.30. The number of fused-ring (bicyclic) bond motifs is 5. The number of hydrogen-bond acceptors (Lipinski definition) is 7. The standard InChI is InChI=1S/C23H23N5O3/c1-13-4-5-18-16(8-13)14(2)30-19-9-15(11-26-21(19)25)20-17(10-24)28(3)27-22(20)29-12-23(31-18)6-7-23/h4-5,8-9,11,14H,6-7,12H2,1-3H3,(H2,25,26)/t14-/m1/s1. The zero-order chi connectivity index (χ0) is 21.8. The first-order valence-electron chi connectivity index (χ1n) is 10.2. The van der Waals surface area contributed by atoms with Crippen molar-refractivity contribution in [3.63, 3.8) is 0 Å². The van der Waals surface area contributed by atoms with E-state index in [1.54, 1.807) is 19.3 Å². The quantitative estimate of drug-likeness (QED) is 0.594. The van der Waals surface area contributed by atoms with Crippen LogP contribution in [0.4, 0.5) is 5.82 Å². The molecule has 2 aromatic heterocycles. The second-order valence-corrected chi connectivity index (χ2v) is 8.25. The predicted octanol–water partition coefficient (Wildman–Crippen LogP) is 3.69. The van der Waals surface area contributed by atoms with Crippen LogP contribution in [0.15, 0.2) is 30.5 Å². The van der Waals surface area contributed by atoms with Crippen molar-refractivity contribution < 1.29 is 14.2 Å². The van der Waals surface area contributed by atoms with Gasteiger partial charge in [0.15, 0.2) is 11.6 Å². The van der Waals surface area contributed by atoms with Gasteiger partial charge < -0.3 is 19.9 Å². The molecule has 0 unspecified atom stereocenters. The summed E-state index contributed by atoms with van der Waals surface area (Å²) in [5.41, 5.74) is 9.35. The third-order valence-electron chi connectivity index (χ3n) is 5.80. The van der Waals surface area contributed by atoms with Crippen molar-refractivity contribution in [3.8, 4) is 34.6 Å². The molecule has 8 heteroatoms. The van der Waals surface area contributed by atoms with Crippen LogP contribution in [-0.2, 0) is 7.05 Å². The van der Waals surface area contributed by atoms with E-state index in [0.717, 1.165) is 29.7 Å². The minimum absolute atomic E-state index is 0.268. The Morgan fingerprint density at radius 1 is 1.26 bits per heavy atom. The van der Waals surface area contributed by atoms with Gasteiger partial charge in [0, 0.05) is 24.4 Å². The number of benzene rings is 1. The smallest absolute Gasteiger partial charge is 0.242 e. The number of pyridine rings is 1. The van der Waals surface area contributed by atoms with E-state index in [-0.39, 0.29) is 11.9 Å². The Labute approximate surface area is 180 Å². The summed E-state index contributed by atoms with van der Waals surface area (Å²) in [5, 5.41) is 14.1. The third-order valence-corrected chi connectivity index (χ3v) is 5.80. The SMILES string of the molecule is Cc1ccc2c(c1)[C@@H](C)Oc1cc(cnc1N)-c1c(nn(C)c1C#N)OCC1(CC1)O2. The van der Waals surface area contributed by atoms with E-state index in [0.29, 0.717) is 35.1 Å². The lowest BCUT2D eigenvalue weighted by atomic mass is 10.1. The van der Waals surface area contributed by atoms with Crippen molar-refractivity contribution in [2.45, 2.75) is 38.4 Å². The molecule has 1 fully saturated rings. The maximum absolute atomic E-state index is 9.72. The molecule has 3 heterocycles. The lowest BCUT2D eigenvalue weighted by molar-refractivity contribution is 0.101. The maximum Gasteiger partial charge on any atom is 0.242 e. The zero-order valence-electron chi connectivity index (χ0n) is 17.7. The van der Waals surface area contributed by atoms with E-state index in [1.165, 1.54) is 4.68 Å². The number of nitrogen functional groups attached to an aromatic ring is 1. The van der Waals surface area contributed by atoms with Gasteiger partial charge in [-0.3, -0.25) is 4.68 Å². The molecule has 3 aromatic rings. The van der Waals surface area contributed by atoms with Crippen LogP contribution in [0.2, 0.25) is 0 Å². The Morgan fingerprint density at radius 3 is 2.81 bits per heavy atom. The zero-order valence-corrected chi connectivity index (χ0v) is 17.7. The average molecular weight is 417 g/mol. The fraction of sp³-hybridized carbons (Fsp3) is 0.348. The van der Waals surface area contributed by atoms with Crippen LogP contribution < -0.4 is 19.9 Å². The van der Waals surface area contributed by atoms with Crippen molar-refractivity contribution >= 4 is 5.82 Å². The highest BCUT2D eigenvalue weighted by molar-refractivity contribution is 5.75. The summed E-state index contributed by atoms with van der Waals surface area (Å²) >= 11 is 0. The lowest BCUT2D eigenvalue weighted by Gasteiger charge is -2.23. The molecule has 2 N–H and O–H groups in total. The van der Waals surface area contributed by atoms with E-state index >= 15 is 0 Å². The first-order chi connectivity index (χ1) is 14.9. The van der Waals surface area contributed by atoms with Crippen LogP contribution in [0.1, 0.15) is 42.7 Å². The van der Waals surface area contributed by atoms with Gasteiger partial charge in [0.05, 0.1) is 5.56 Å². The Hall–Kier alpha value is -3.73. The number of nitrogens with zero attached hydrogens (tertiary/aromatic N) is 4. The average Bonchev–Trinajstić information content (AvgIpc) is 3.43. The minimum Gasteiger partial charge on any atom is -0.483 e. The molecule has 31 heavy (non-hydrogen) atoms. The molecule has 1 atom stereocenters. The van der Waals surface area contributed by atoms with Crippen LogP contribution in [-0.4, -0.2) is 27.0 Å². The van der Waals surface area contributed by atoms with Gasteiger partial charge in [0.25, 0.3) is 0 Å². The topological polar surface area (TPSA) is 108 Å². The van der Waals surface area contributed by atoms with Crippen LogP contribution in [0, 0.1) is 18.3 Å². The van der Waals surface area contributed by atoms with Crippen LogP contribution >= 0.6 is 0 Å². The molecule has 1 aliphatic heterocycles. The van der Waals surface area contributed by atoms with Gasteiger partial charge in [0.2, 0.25) is 5.88 Å². The second-order valence-electron chi connectivity index (χ2n) is 8.25. The number of nitriles is 1. The minimum atomic E-state index is -0.421. The summed E-state index contributed by atoms with van der Waals surface area (Å²) in [6.45, 7) is 4.33. The number of hydrogen-bond donors (Lipinski definition) is 1. The van der Waals surface area contributed by atoms with Crippen molar-refractivity contribution in [1.82, 2.24) is 14.8 Å². The molecule has 1 aliphatic carbocycles. The Kier molecular flexibility index (Phi) is 4.29. The predicted molar refractivity (Wildman–Crippen MR) is 114 cm³/mol. The first kappa shape index (κ1) is 19.2. The molecule has 0 radical (unpaired) electrons. The van der Waals surface area contributed by atoms with E-state index < -0.39 is 5.60 Å². The molecule has 1 spiro atoms. The second kappa shape index (κ2) is 6.91.